The van der Waals surface area contributed by atoms with Gasteiger partial charge in [0.05, 0.1) is 0 Å². The fourth-order valence-corrected chi connectivity index (χ4v) is 0.625. The van der Waals surface area contributed by atoms with Crippen LogP contribution in [-0.2, 0) is 9.47 Å². The minimum absolute atomic E-state index is 0.292. The van der Waals surface area contributed by atoms with Crippen molar-refractivity contribution in [3.63, 3.8) is 0 Å². The summed E-state index contributed by atoms with van der Waals surface area (Å²) in [5, 5.41) is 0. The summed E-state index contributed by atoms with van der Waals surface area (Å²) in [4.78, 5) is 0. The largest absolute Gasteiger partial charge is 0.468 e. The molecule has 0 aliphatic carbocycles. The lowest BCUT2D eigenvalue weighted by atomic mass is 10.4. The van der Waals surface area contributed by atoms with E-state index in [9.17, 15) is 0 Å². The van der Waals surface area contributed by atoms with Crippen LogP contribution in [0.3, 0.4) is 0 Å². The van der Waals surface area contributed by atoms with Crippen LogP contribution in [0, 0.1) is 0 Å². The lowest BCUT2D eigenvalue weighted by molar-refractivity contribution is -0.0136. The van der Waals surface area contributed by atoms with Crippen molar-refractivity contribution in [2.45, 2.75) is 13.8 Å². The maximum Gasteiger partial charge on any atom is 0.189 e. The number of hydrogen-bond acceptors (Lipinski definition) is 2. The van der Waals surface area contributed by atoms with Crippen LogP contribution >= 0.6 is 0 Å². The van der Waals surface area contributed by atoms with Crippen LogP contribution < -0.4 is 0 Å². The highest BCUT2D eigenvalue weighted by Crippen LogP contribution is 1.99. The summed E-state index contributed by atoms with van der Waals surface area (Å²) in [7, 11) is 0. The molecule has 0 aromatic carbocycles. The van der Waals surface area contributed by atoms with E-state index in [1.54, 1.807) is 12.2 Å². The maximum absolute atomic E-state index is 5.24. The highest BCUT2D eigenvalue weighted by atomic mass is 16.7. The van der Waals surface area contributed by atoms with E-state index in [2.05, 4.69) is 6.58 Å². The third-order valence-electron chi connectivity index (χ3n) is 1.13. The van der Waals surface area contributed by atoms with Crippen LogP contribution in [0.4, 0.5) is 0 Å². The Balaban J connectivity index is 3.79. The van der Waals surface area contributed by atoms with E-state index in [4.69, 9.17) is 9.47 Å². The smallest absolute Gasteiger partial charge is 0.189 e. The van der Waals surface area contributed by atoms with Crippen LogP contribution in [-0.4, -0.2) is 13.4 Å². The molecule has 0 heterocycles. The van der Waals surface area contributed by atoms with Gasteiger partial charge in [-0.05, 0) is 26.0 Å². The van der Waals surface area contributed by atoms with Gasteiger partial charge in [0.15, 0.2) is 6.79 Å². The first kappa shape index (κ1) is 11.0. The molecular weight excluding hydrogens is 152 g/mol. The van der Waals surface area contributed by atoms with E-state index in [0.29, 0.717) is 13.4 Å². The number of ether oxygens (including phenoxy) is 2. The average molecular weight is 168 g/mol. The van der Waals surface area contributed by atoms with Crippen LogP contribution in [0.1, 0.15) is 13.8 Å². The van der Waals surface area contributed by atoms with E-state index in [1.165, 1.54) is 0 Å². The topological polar surface area (TPSA) is 18.5 Å². The molecule has 2 heteroatoms. The van der Waals surface area contributed by atoms with Crippen molar-refractivity contribution in [2.24, 2.45) is 0 Å². The van der Waals surface area contributed by atoms with Gasteiger partial charge in [0.1, 0.15) is 5.76 Å². The molecule has 0 aromatic heterocycles. The van der Waals surface area contributed by atoms with E-state index in [1.807, 2.05) is 26.0 Å². The Hall–Kier alpha value is -1.02. The number of allylic oxidation sites excluding steroid dienone is 4. The van der Waals surface area contributed by atoms with Crippen molar-refractivity contribution in [3.05, 3.63) is 36.6 Å². The Morgan fingerprint density at radius 2 is 2.25 bits per heavy atom. The van der Waals surface area contributed by atoms with Crippen molar-refractivity contribution in [2.75, 3.05) is 13.4 Å². The second kappa shape index (κ2) is 8.08. The standard InChI is InChI=1S/C10H16O2/c1-4-7-10(8-5-2)12-9-11-6-3/h4-5,7-8H,1,6,9H2,2-3H3/b8-5-,10-7+. The molecular formula is C10H16O2. The van der Waals surface area contributed by atoms with Crippen LogP contribution in [0.15, 0.2) is 36.6 Å². The lowest BCUT2D eigenvalue weighted by Gasteiger charge is -2.05. The first-order valence-electron chi connectivity index (χ1n) is 4.01. The second-order valence-corrected chi connectivity index (χ2v) is 2.06. The van der Waals surface area contributed by atoms with E-state index < -0.39 is 0 Å². The first-order valence-corrected chi connectivity index (χ1v) is 4.01. The van der Waals surface area contributed by atoms with Gasteiger partial charge in [-0.2, -0.15) is 0 Å². The number of hydrogen-bond donors (Lipinski definition) is 0. The molecule has 0 fully saturated rings. The predicted octanol–water partition coefficient (Wildman–Crippen LogP) is 2.64. The third-order valence-corrected chi connectivity index (χ3v) is 1.13. The second-order valence-electron chi connectivity index (χ2n) is 2.06. The van der Waals surface area contributed by atoms with Gasteiger partial charge in [0.25, 0.3) is 0 Å². The zero-order valence-corrected chi connectivity index (χ0v) is 7.75. The molecule has 0 bridgehead atoms. The van der Waals surface area contributed by atoms with Gasteiger partial charge in [0, 0.05) is 6.61 Å². The maximum atomic E-state index is 5.24. The zero-order valence-electron chi connectivity index (χ0n) is 7.75. The van der Waals surface area contributed by atoms with E-state index in [-0.39, 0.29) is 0 Å². The van der Waals surface area contributed by atoms with Gasteiger partial charge < -0.3 is 9.47 Å². The Morgan fingerprint density at radius 3 is 2.75 bits per heavy atom. The van der Waals surface area contributed by atoms with E-state index in [0.717, 1.165) is 5.76 Å². The molecule has 0 radical (unpaired) electrons. The van der Waals surface area contributed by atoms with Crippen molar-refractivity contribution < 1.29 is 9.47 Å². The van der Waals surface area contributed by atoms with Gasteiger partial charge >= 0.3 is 0 Å². The molecule has 0 aliphatic heterocycles. The summed E-state index contributed by atoms with van der Waals surface area (Å²) in [6.45, 7) is 8.39. The summed E-state index contributed by atoms with van der Waals surface area (Å²) in [6, 6.07) is 0. The predicted molar refractivity (Wildman–Crippen MR) is 50.7 cm³/mol. The molecule has 0 spiro atoms. The molecule has 0 unspecified atom stereocenters. The van der Waals surface area contributed by atoms with Crippen LogP contribution in [0.5, 0.6) is 0 Å². The summed E-state index contributed by atoms with van der Waals surface area (Å²) in [5.74, 6) is 0.765. The zero-order chi connectivity index (χ0) is 9.23. The quantitative estimate of drug-likeness (QED) is 0.263. The van der Waals surface area contributed by atoms with Crippen LogP contribution in [0.25, 0.3) is 0 Å². The summed E-state index contributed by atoms with van der Waals surface area (Å²) >= 11 is 0. The van der Waals surface area contributed by atoms with Gasteiger partial charge in [-0.3, -0.25) is 0 Å². The Bertz CT molecular complexity index is 169. The lowest BCUT2D eigenvalue weighted by Crippen LogP contribution is -1.97. The highest BCUT2D eigenvalue weighted by Gasteiger charge is 1.89. The molecule has 0 amide bonds. The fourth-order valence-electron chi connectivity index (χ4n) is 0.625. The molecule has 0 aliphatic rings. The molecule has 12 heavy (non-hydrogen) atoms. The molecule has 0 atom stereocenters. The molecule has 0 N–H and O–H groups in total. The normalized spacial score (nSPS) is 12.0. The molecule has 0 saturated carbocycles. The van der Waals surface area contributed by atoms with Crippen molar-refractivity contribution in [3.8, 4) is 0 Å². The Labute approximate surface area is 74.2 Å². The molecule has 68 valence electrons. The van der Waals surface area contributed by atoms with E-state index >= 15 is 0 Å². The van der Waals surface area contributed by atoms with Crippen molar-refractivity contribution in [1.82, 2.24) is 0 Å². The Morgan fingerprint density at radius 1 is 1.50 bits per heavy atom. The highest BCUT2D eigenvalue weighted by molar-refractivity contribution is 5.16. The van der Waals surface area contributed by atoms with Gasteiger partial charge in [-0.25, -0.2) is 0 Å². The van der Waals surface area contributed by atoms with Crippen molar-refractivity contribution in [1.29, 1.82) is 0 Å². The average Bonchev–Trinajstić information content (AvgIpc) is 2.06. The fraction of sp³-hybridized carbons (Fsp3) is 0.400. The SMILES string of the molecule is C=C/C=C(\C=C/C)OCOCC. The summed E-state index contributed by atoms with van der Waals surface area (Å²) in [6.07, 6.45) is 7.24. The number of rotatable bonds is 6. The van der Waals surface area contributed by atoms with Crippen LogP contribution in [0.2, 0.25) is 0 Å². The minimum Gasteiger partial charge on any atom is -0.468 e. The van der Waals surface area contributed by atoms with Gasteiger partial charge in [-0.15, -0.1) is 0 Å². The first-order chi connectivity index (χ1) is 5.85. The molecule has 0 saturated heterocycles. The summed E-state index contributed by atoms with van der Waals surface area (Å²) < 4.78 is 10.3. The Kier molecular flexibility index (Phi) is 7.39. The van der Waals surface area contributed by atoms with Crippen molar-refractivity contribution >= 4 is 0 Å². The van der Waals surface area contributed by atoms with Gasteiger partial charge in [-0.1, -0.05) is 18.7 Å². The monoisotopic (exact) mass is 168 g/mol. The minimum atomic E-state index is 0.292. The third kappa shape index (κ3) is 5.74. The molecule has 0 rings (SSSR count). The van der Waals surface area contributed by atoms with Gasteiger partial charge in [0.2, 0.25) is 0 Å². The summed E-state index contributed by atoms with van der Waals surface area (Å²) in [5.41, 5.74) is 0. The molecule has 0 aromatic rings. The molecule has 2 nitrogen and oxygen atoms in total.